The molecule has 0 amide bonds. The van der Waals surface area contributed by atoms with Crippen LogP contribution in [0.1, 0.15) is 25.7 Å². The Labute approximate surface area is 161 Å². The Morgan fingerprint density at radius 2 is 2.00 bits per heavy atom. The third kappa shape index (κ3) is 3.13. The number of nitrogens with one attached hydrogen (secondary N) is 2. The third-order valence-electron chi connectivity index (χ3n) is 5.24. The van der Waals surface area contributed by atoms with Crippen molar-refractivity contribution >= 4 is 34.1 Å². The van der Waals surface area contributed by atoms with Crippen molar-refractivity contribution in [2.45, 2.75) is 37.8 Å². The van der Waals surface area contributed by atoms with Crippen LogP contribution in [-0.2, 0) is 7.05 Å². The lowest BCUT2D eigenvalue weighted by Crippen LogP contribution is -2.29. The quantitative estimate of drug-likeness (QED) is 0.501. The molecule has 0 aromatic carbocycles. The Balaban J connectivity index is 1.39. The van der Waals surface area contributed by atoms with E-state index in [1.807, 2.05) is 35.8 Å². The van der Waals surface area contributed by atoms with Crippen LogP contribution in [0.15, 0.2) is 36.7 Å². The minimum Gasteiger partial charge on any atom is -0.393 e. The lowest BCUT2D eigenvalue weighted by molar-refractivity contribution is 0.126. The van der Waals surface area contributed by atoms with Crippen molar-refractivity contribution in [3.63, 3.8) is 0 Å². The highest BCUT2D eigenvalue weighted by atomic mass is 16.3. The van der Waals surface area contributed by atoms with Gasteiger partial charge in [-0.2, -0.15) is 14.6 Å². The topological polar surface area (TPSA) is 105 Å². The molecular formula is C19H22N8O. The second-order valence-corrected chi connectivity index (χ2v) is 7.30. The summed E-state index contributed by atoms with van der Waals surface area (Å²) in [5.41, 5.74) is 2.41. The molecule has 3 N–H and O–H groups in total. The monoisotopic (exact) mass is 378 g/mol. The number of aromatic nitrogens is 6. The summed E-state index contributed by atoms with van der Waals surface area (Å²) >= 11 is 0. The summed E-state index contributed by atoms with van der Waals surface area (Å²) in [5.74, 6) is 1.42. The molecule has 1 fully saturated rings. The van der Waals surface area contributed by atoms with E-state index in [2.05, 4.69) is 30.8 Å². The van der Waals surface area contributed by atoms with Gasteiger partial charge in [0.25, 0.3) is 0 Å². The van der Waals surface area contributed by atoms with Crippen molar-refractivity contribution in [3.8, 4) is 0 Å². The molecule has 0 aliphatic heterocycles. The fourth-order valence-corrected chi connectivity index (χ4v) is 3.74. The molecule has 28 heavy (non-hydrogen) atoms. The molecule has 4 aromatic rings. The Morgan fingerprint density at radius 1 is 1.14 bits per heavy atom. The second-order valence-electron chi connectivity index (χ2n) is 7.30. The Kier molecular flexibility index (Phi) is 4.09. The largest absolute Gasteiger partial charge is 0.393 e. The Morgan fingerprint density at radius 3 is 2.86 bits per heavy atom. The molecule has 1 aliphatic carbocycles. The maximum absolute atomic E-state index is 9.70. The molecule has 0 saturated heterocycles. The molecule has 5 rings (SSSR count). The van der Waals surface area contributed by atoms with Gasteiger partial charge in [0.05, 0.1) is 24.2 Å². The minimum atomic E-state index is -0.165. The van der Waals surface area contributed by atoms with Crippen LogP contribution < -0.4 is 10.6 Å². The zero-order valence-electron chi connectivity index (χ0n) is 15.6. The van der Waals surface area contributed by atoms with E-state index in [-0.39, 0.29) is 6.10 Å². The molecule has 1 aliphatic rings. The smallest absolute Gasteiger partial charge is 0.247 e. The normalized spacial score (nSPS) is 19.9. The number of fused-ring (bicyclic) bond motifs is 2. The van der Waals surface area contributed by atoms with Crippen LogP contribution in [-0.4, -0.2) is 46.6 Å². The van der Waals surface area contributed by atoms with Crippen molar-refractivity contribution in [2.24, 2.45) is 7.05 Å². The molecule has 9 nitrogen and oxygen atoms in total. The fraction of sp³-hybridized carbons (Fsp3) is 0.368. The first kappa shape index (κ1) is 16.9. The molecule has 9 heteroatoms. The summed E-state index contributed by atoms with van der Waals surface area (Å²) < 4.78 is 3.55. The molecule has 4 heterocycles. The zero-order chi connectivity index (χ0) is 19.1. The Hall–Kier alpha value is -3.20. The lowest BCUT2D eigenvalue weighted by atomic mass is 9.93. The van der Waals surface area contributed by atoms with Gasteiger partial charge < -0.3 is 15.7 Å². The number of hydrogen-bond donors (Lipinski definition) is 3. The van der Waals surface area contributed by atoms with Gasteiger partial charge in [0.1, 0.15) is 5.82 Å². The van der Waals surface area contributed by atoms with E-state index in [1.54, 1.807) is 17.1 Å². The van der Waals surface area contributed by atoms with Gasteiger partial charge in [0.15, 0.2) is 11.3 Å². The number of hydrogen-bond acceptors (Lipinski definition) is 7. The van der Waals surface area contributed by atoms with Gasteiger partial charge in [-0.1, -0.05) is 6.07 Å². The van der Waals surface area contributed by atoms with Gasteiger partial charge in [-0.15, -0.1) is 5.10 Å². The van der Waals surface area contributed by atoms with E-state index in [0.717, 1.165) is 53.9 Å². The van der Waals surface area contributed by atoms with Gasteiger partial charge >= 0.3 is 0 Å². The molecular weight excluding hydrogens is 356 g/mol. The SMILES string of the molecule is Cn1ncc2cc(Nc3nc4cccc(NC5CCC(O)CC5)n4n3)cnc21. The van der Waals surface area contributed by atoms with E-state index in [9.17, 15) is 5.11 Å². The van der Waals surface area contributed by atoms with E-state index < -0.39 is 0 Å². The van der Waals surface area contributed by atoms with Crippen LogP contribution in [0.5, 0.6) is 0 Å². The standard InChI is InChI=1S/C19H22N8O/c1-26-18-12(10-21-26)9-14(11-20-18)23-19-24-17-4-2-3-16(27(17)25-19)22-13-5-7-15(28)8-6-13/h2-4,9-11,13,15,22,28H,5-8H2,1H3,(H,23,25). The van der Waals surface area contributed by atoms with Gasteiger partial charge in [0.2, 0.25) is 5.95 Å². The highest BCUT2D eigenvalue weighted by Gasteiger charge is 2.20. The fourth-order valence-electron chi connectivity index (χ4n) is 3.74. The first-order valence-electron chi connectivity index (χ1n) is 9.51. The second kappa shape index (κ2) is 6.75. The zero-order valence-corrected chi connectivity index (χ0v) is 15.6. The highest BCUT2D eigenvalue weighted by Crippen LogP contribution is 2.24. The summed E-state index contributed by atoms with van der Waals surface area (Å²) in [7, 11) is 1.87. The van der Waals surface area contributed by atoms with Crippen molar-refractivity contribution in [2.75, 3.05) is 10.6 Å². The average molecular weight is 378 g/mol. The van der Waals surface area contributed by atoms with E-state index in [4.69, 9.17) is 0 Å². The molecule has 0 atom stereocenters. The van der Waals surface area contributed by atoms with Crippen molar-refractivity contribution < 1.29 is 5.11 Å². The minimum absolute atomic E-state index is 0.165. The first-order valence-corrected chi connectivity index (χ1v) is 9.51. The molecule has 4 aromatic heterocycles. The highest BCUT2D eigenvalue weighted by molar-refractivity contribution is 5.79. The number of aryl methyl sites for hydroxylation is 1. The number of aliphatic hydroxyl groups is 1. The predicted octanol–water partition coefficient (Wildman–Crippen LogP) is 2.47. The van der Waals surface area contributed by atoms with Crippen LogP contribution in [0, 0.1) is 0 Å². The molecule has 0 spiro atoms. The van der Waals surface area contributed by atoms with Crippen LogP contribution in [0.3, 0.4) is 0 Å². The molecule has 0 bridgehead atoms. The molecule has 144 valence electrons. The third-order valence-corrected chi connectivity index (χ3v) is 5.24. The van der Waals surface area contributed by atoms with Crippen LogP contribution >= 0.6 is 0 Å². The number of anilines is 3. The summed E-state index contributed by atoms with van der Waals surface area (Å²) in [4.78, 5) is 9.01. The summed E-state index contributed by atoms with van der Waals surface area (Å²) in [5, 5.41) is 26.3. The maximum Gasteiger partial charge on any atom is 0.247 e. The van der Waals surface area contributed by atoms with Crippen molar-refractivity contribution in [3.05, 3.63) is 36.7 Å². The van der Waals surface area contributed by atoms with Gasteiger partial charge in [-0.25, -0.2) is 4.98 Å². The van der Waals surface area contributed by atoms with Crippen LogP contribution in [0.25, 0.3) is 16.7 Å². The number of nitrogens with zero attached hydrogens (tertiary/aromatic N) is 6. The molecule has 0 unspecified atom stereocenters. The van der Waals surface area contributed by atoms with Crippen molar-refractivity contribution in [1.29, 1.82) is 0 Å². The van der Waals surface area contributed by atoms with Gasteiger partial charge in [-0.05, 0) is 43.9 Å². The number of pyridine rings is 2. The summed E-state index contributed by atoms with van der Waals surface area (Å²) in [6.45, 7) is 0. The summed E-state index contributed by atoms with van der Waals surface area (Å²) in [6, 6.07) is 8.22. The van der Waals surface area contributed by atoms with E-state index >= 15 is 0 Å². The molecule has 1 saturated carbocycles. The van der Waals surface area contributed by atoms with Gasteiger partial charge in [-0.3, -0.25) is 4.68 Å². The first-order chi connectivity index (χ1) is 13.7. The molecule has 0 radical (unpaired) electrons. The van der Waals surface area contributed by atoms with Crippen molar-refractivity contribution in [1.82, 2.24) is 29.4 Å². The van der Waals surface area contributed by atoms with E-state index in [0.29, 0.717) is 12.0 Å². The van der Waals surface area contributed by atoms with Gasteiger partial charge in [0, 0.05) is 18.5 Å². The van der Waals surface area contributed by atoms with Crippen LogP contribution in [0.2, 0.25) is 0 Å². The average Bonchev–Trinajstić information content (AvgIpc) is 3.27. The number of rotatable bonds is 4. The lowest BCUT2D eigenvalue weighted by Gasteiger charge is -2.26. The van der Waals surface area contributed by atoms with E-state index in [1.165, 1.54) is 0 Å². The van der Waals surface area contributed by atoms with Crippen LogP contribution in [0.4, 0.5) is 17.5 Å². The maximum atomic E-state index is 9.70. The summed E-state index contributed by atoms with van der Waals surface area (Å²) in [6.07, 6.45) is 6.95. The predicted molar refractivity (Wildman–Crippen MR) is 107 cm³/mol. The number of aliphatic hydroxyl groups excluding tert-OH is 1. The Bertz CT molecular complexity index is 1130.